The topological polar surface area (TPSA) is 63.6 Å². The largest absolute Gasteiger partial charge is 0.469 e. The first-order chi connectivity index (χ1) is 13.7. The Morgan fingerprint density at radius 2 is 1.90 bits per heavy atom. The van der Waals surface area contributed by atoms with E-state index in [9.17, 15) is 14.7 Å². The van der Waals surface area contributed by atoms with Crippen LogP contribution in [0.15, 0.2) is 0 Å². The molecule has 0 spiro atoms. The number of methoxy groups -OCH3 is 1. The van der Waals surface area contributed by atoms with Crippen LogP contribution in [0.2, 0.25) is 0 Å². The fraction of sp³-hybridized carbons (Fsp3) is 0.920. The molecule has 0 aromatic carbocycles. The highest BCUT2D eigenvalue weighted by Crippen LogP contribution is 2.68. The van der Waals surface area contributed by atoms with Gasteiger partial charge in [0.25, 0.3) is 0 Å². The zero-order valence-electron chi connectivity index (χ0n) is 18.8. The van der Waals surface area contributed by atoms with Crippen LogP contribution in [0.25, 0.3) is 0 Å². The highest BCUT2D eigenvalue weighted by molar-refractivity contribution is 5.79. The number of aliphatic hydroxyl groups is 1. The summed E-state index contributed by atoms with van der Waals surface area (Å²) in [6.45, 7) is 7.22. The van der Waals surface area contributed by atoms with Gasteiger partial charge in [-0.25, -0.2) is 0 Å². The third kappa shape index (κ3) is 3.38. The number of carbonyl (C=O) groups excluding carboxylic acids is 2. The zero-order chi connectivity index (χ0) is 21.0. The molecule has 4 fully saturated rings. The molecular formula is C25H40O4. The monoisotopic (exact) mass is 404 g/mol. The molecule has 0 aromatic rings. The average molecular weight is 405 g/mol. The predicted molar refractivity (Wildman–Crippen MR) is 112 cm³/mol. The molecule has 0 aliphatic heterocycles. The van der Waals surface area contributed by atoms with E-state index < -0.39 is 0 Å². The third-order valence-corrected chi connectivity index (χ3v) is 10.3. The second kappa shape index (κ2) is 7.66. The van der Waals surface area contributed by atoms with Crippen LogP contribution in [0.5, 0.6) is 0 Å². The highest BCUT2D eigenvalue weighted by atomic mass is 16.5. The van der Waals surface area contributed by atoms with Gasteiger partial charge in [0.1, 0.15) is 5.78 Å². The van der Waals surface area contributed by atoms with Gasteiger partial charge in [-0.3, -0.25) is 9.59 Å². The van der Waals surface area contributed by atoms with Crippen LogP contribution >= 0.6 is 0 Å². The predicted octanol–water partition coefficient (Wildman–Crippen LogP) is 4.77. The lowest BCUT2D eigenvalue weighted by Crippen LogP contribution is -2.58. The minimum absolute atomic E-state index is 0.103. The number of fused-ring (bicyclic) bond motifs is 5. The molecule has 0 saturated heterocycles. The summed E-state index contributed by atoms with van der Waals surface area (Å²) in [6, 6.07) is 0. The standard InChI is InChI=1S/C25H40O4/c1-15(5-8-22(28)29-4)18-6-7-19-23-20(10-12-25(18,19)3)24(2)11-9-17(26)13-16(24)14-21(23)27/h15-16,18-21,23,27H,5-14H2,1-4H3. The van der Waals surface area contributed by atoms with Crippen molar-refractivity contribution < 1.29 is 19.4 Å². The Morgan fingerprint density at radius 1 is 1.17 bits per heavy atom. The molecule has 4 aliphatic rings. The Bertz CT molecular complexity index is 659. The van der Waals surface area contributed by atoms with Crippen LogP contribution in [0, 0.1) is 46.3 Å². The van der Waals surface area contributed by atoms with Crippen LogP contribution in [-0.4, -0.2) is 30.1 Å². The van der Waals surface area contributed by atoms with Crippen LogP contribution in [-0.2, 0) is 14.3 Å². The Balaban J connectivity index is 1.53. The van der Waals surface area contributed by atoms with Crippen molar-refractivity contribution in [2.24, 2.45) is 46.3 Å². The molecule has 29 heavy (non-hydrogen) atoms. The number of ketones is 1. The number of aliphatic hydroxyl groups excluding tert-OH is 1. The Morgan fingerprint density at radius 3 is 2.62 bits per heavy atom. The summed E-state index contributed by atoms with van der Waals surface area (Å²) in [5.41, 5.74) is 0.499. The van der Waals surface area contributed by atoms with Crippen molar-refractivity contribution in [1.82, 2.24) is 0 Å². The minimum Gasteiger partial charge on any atom is -0.469 e. The lowest BCUT2D eigenvalue weighted by atomic mass is 9.44. The molecule has 1 N–H and O–H groups in total. The van der Waals surface area contributed by atoms with E-state index in [2.05, 4.69) is 20.8 Å². The molecule has 4 rings (SSSR count). The van der Waals surface area contributed by atoms with Gasteiger partial charge in [-0.05, 0) is 91.3 Å². The maximum atomic E-state index is 12.1. The summed E-state index contributed by atoms with van der Waals surface area (Å²) in [4.78, 5) is 23.7. The second-order valence-electron chi connectivity index (χ2n) is 11.4. The first kappa shape index (κ1) is 21.3. The van der Waals surface area contributed by atoms with Crippen molar-refractivity contribution in [2.45, 2.75) is 91.1 Å². The van der Waals surface area contributed by atoms with Gasteiger partial charge in [-0.1, -0.05) is 20.8 Å². The van der Waals surface area contributed by atoms with E-state index in [4.69, 9.17) is 4.74 Å². The molecule has 4 aliphatic carbocycles. The van der Waals surface area contributed by atoms with Gasteiger partial charge >= 0.3 is 5.97 Å². The van der Waals surface area contributed by atoms with Crippen molar-refractivity contribution in [3.8, 4) is 0 Å². The SMILES string of the molecule is COC(=O)CCC(C)C1CCC2C3C(O)CC4CC(=O)CCC4(C)C3CCC12C. The second-order valence-corrected chi connectivity index (χ2v) is 11.4. The van der Waals surface area contributed by atoms with Gasteiger partial charge in [0.05, 0.1) is 13.2 Å². The Labute approximate surface area is 176 Å². The lowest BCUT2D eigenvalue weighted by Gasteiger charge is -2.62. The molecular weight excluding hydrogens is 364 g/mol. The normalized spacial score (nSPS) is 47.7. The first-order valence-corrected chi connectivity index (χ1v) is 12.0. The number of esters is 1. The van der Waals surface area contributed by atoms with Gasteiger partial charge in [0.2, 0.25) is 0 Å². The van der Waals surface area contributed by atoms with E-state index in [1.807, 2.05) is 0 Å². The fourth-order valence-corrected chi connectivity index (χ4v) is 8.64. The molecule has 164 valence electrons. The van der Waals surface area contributed by atoms with Gasteiger partial charge in [-0.2, -0.15) is 0 Å². The summed E-state index contributed by atoms with van der Waals surface area (Å²) in [5, 5.41) is 11.3. The molecule has 0 amide bonds. The number of hydrogen-bond donors (Lipinski definition) is 1. The summed E-state index contributed by atoms with van der Waals surface area (Å²) in [6.07, 6.45) is 9.27. The quantitative estimate of drug-likeness (QED) is 0.685. The van der Waals surface area contributed by atoms with E-state index in [0.29, 0.717) is 54.1 Å². The Kier molecular flexibility index (Phi) is 5.63. The molecule has 4 nitrogen and oxygen atoms in total. The maximum absolute atomic E-state index is 12.1. The third-order valence-electron chi connectivity index (χ3n) is 10.3. The number of rotatable bonds is 4. The summed E-state index contributed by atoms with van der Waals surface area (Å²) in [5.74, 6) is 3.35. The van der Waals surface area contributed by atoms with Crippen LogP contribution in [0.4, 0.5) is 0 Å². The summed E-state index contributed by atoms with van der Waals surface area (Å²) < 4.78 is 4.85. The van der Waals surface area contributed by atoms with Crippen molar-refractivity contribution in [1.29, 1.82) is 0 Å². The van der Waals surface area contributed by atoms with Crippen molar-refractivity contribution >= 4 is 11.8 Å². The number of hydrogen-bond acceptors (Lipinski definition) is 4. The average Bonchev–Trinajstić information content (AvgIpc) is 3.04. The zero-order valence-corrected chi connectivity index (χ0v) is 18.8. The minimum atomic E-state index is -0.252. The molecule has 4 heteroatoms. The van der Waals surface area contributed by atoms with Crippen molar-refractivity contribution in [3.63, 3.8) is 0 Å². The highest BCUT2D eigenvalue weighted by Gasteiger charge is 2.62. The molecule has 0 bridgehead atoms. The molecule has 9 atom stereocenters. The number of Topliss-reactive ketones (excluding diaryl/α,β-unsaturated/α-hetero) is 1. The Hall–Kier alpha value is -0.900. The smallest absolute Gasteiger partial charge is 0.305 e. The van der Waals surface area contributed by atoms with Crippen LogP contribution < -0.4 is 0 Å². The van der Waals surface area contributed by atoms with Gasteiger partial charge in [0, 0.05) is 19.3 Å². The van der Waals surface area contributed by atoms with Gasteiger partial charge in [0.15, 0.2) is 0 Å². The fourth-order valence-electron chi connectivity index (χ4n) is 8.64. The molecule has 4 saturated carbocycles. The lowest BCUT2D eigenvalue weighted by molar-refractivity contribution is -0.169. The van der Waals surface area contributed by atoms with Crippen molar-refractivity contribution in [3.05, 3.63) is 0 Å². The first-order valence-electron chi connectivity index (χ1n) is 12.0. The van der Waals surface area contributed by atoms with E-state index in [-0.39, 0.29) is 22.9 Å². The number of carbonyl (C=O) groups is 2. The molecule has 0 heterocycles. The molecule has 0 aromatic heterocycles. The van der Waals surface area contributed by atoms with Gasteiger partial charge < -0.3 is 9.84 Å². The van der Waals surface area contributed by atoms with Crippen LogP contribution in [0.3, 0.4) is 0 Å². The summed E-state index contributed by atoms with van der Waals surface area (Å²) in [7, 11) is 1.47. The summed E-state index contributed by atoms with van der Waals surface area (Å²) >= 11 is 0. The van der Waals surface area contributed by atoms with E-state index in [0.717, 1.165) is 25.7 Å². The van der Waals surface area contributed by atoms with Gasteiger partial charge in [-0.15, -0.1) is 0 Å². The van der Waals surface area contributed by atoms with E-state index in [1.54, 1.807) is 0 Å². The molecule has 9 unspecified atom stereocenters. The number of ether oxygens (including phenoxy) is 1. The van der Waals surface area contributed by atoms with Crippen LogP contribution in [0.1, 0.15) is 85.0 Å². The van der Waals surface area contributed by atoms with E-state index >= 15 is 0 Å². The maximum Gasteiger partial charge on any atom is 0.305 e. The molecule has 0 radical (unpaired) electrons. The van der Waals surface area contributed by atoms with E-state index in [1.165, 1.54) is 32.8 Å². The van der Waals surface area contributed by atoms with Crippen molar-refractivity contribution in [2.75, 3.05) is 7.11 Å².